The first-order chi connectivity index (χ1) is 8.77. The lowest BCUT2D eigenvalue weighted by molar-refractivity contribution is -0.132. The van der Waals surface area contributed by atoms with Crippen LogP contribution in [0, 0.1) is 0 Å². The van der Waals surface area contributed by atoms with Gasteiger partial charge in [-0.2, -0.15) is 0 Å². The van der Waals surface area contributed by atoms with Gasteiger partial charge in [0.1, 0.15) is 0 Å². The number of hydrogen-bond donors (Lipinski definition) is 1. The average Bonchev–Trinajstić information content (AvgIpc) is 2.46. The molecular weight excluding hydrogens is 226 g/mol. The van der Waals surface area contributed by atoms with Crippen LogP contribution in [0.1, 0.15) is 25.0 Å². The van der Waals surface area contributed by atoms with Crippen molar-refractivity contribution in [3.63, 3.8) is 0 Å². The zero-order valence-corrected chi connectivity index (χ0v) is 10.9. The van der Waals surface area contributed by atoms with Gasteiger partial charge in [-0.15, -0.1) is 0 Å². The van der Waals surface area contributed by atoms with Crippen molar-refractivity contribution in [3.05, 3.63) is 30.1 Å². The third kappa shape index (κ3) is 3.53. The van der Waals surface area contributed by atoms with Crippen LogP contribution in [0.25, 0.3) is 0 Å². The standard InChI is InChI=1S/C14H21N3O/c1-17(11-8-12-6-2-4-9-15-12)14(18)13-7-3-5-10-16-13/h2,4,6,9,13,16H,3,5,7-8,10-11H2,1H3. The quantitative estimate of drug-likeness (QED) is 0.870. The summed E-state index contributed by atoms with van der Waals surface area (Å²) in [6.07, 6.45) is 5.90. The lowest BCUT2D eigenvalue weighted by atomic mass is 10.0. The maximum absolute atomic E-state index is 12.2. The van der Waals surface area contributed by atoms with Crippen LogP contribution >= 0.6 is 0 Å². The van der Waals surface area contributed by atoms with Crippen LogP contribution in [-0.2, 0) is 11.2 Å². The van der Waals surface area contributed by atoms with E-state index in [9.17, 15) is 4.79 Å². The predicted octanol–water partition coefficient (Wildman–Crippen LogP) is 1.22. The Labute approximate surface area is 108 Å². The number of nitrogens with one attached hydrogen (secondary N) is 1. The highest BCUT2D eigenvalue weighted by atomic mass is 16.2. The normalized spacial score (nSPS) is 19.5. The Balaban J connectivity index is 1.80. The van der Waals surface area contributed by atoms with E-state index >= 15 is 0 Å². The van der Waals surface area contributed by atoms with Gasteiger partial charge < -0.3 is 10.2 Å². The highest BCUT2D eigenvalue weighted by Crippen LogP contribution is 2.09. The molecule has 0 aliphatic carbocycles. The Hall–Kier alpha value is -1.42. The second-order valence-corrected chi connectivity index (χ2v) is 4.83. The number of pyridine rings is 1. The number of aromatic nitrogens is 1. The number of carbonyl (C=O) groups is 1. The first-order valence-corrected chi connectivity index (χ1v) is 6.65. The summed E-state index contributed by atoms with van der Waals surface area (Å²) < 4.78 is 0. The summed E-state index contributed by atoms with van der Waals surface area (Å²) in [5, 5.41) is 3.29. The van der Waals surface area contributed by atoms with Crippen LogP contribution in [0.3, 0.4) is 0 Å². The molecule has 1 N–H and O–H groups in total. The predicted molar refractivity (Wildman–Crippen MR) is 71.2 cm³/mol. The Morgan fingerprint density at radius 2 is 2.39 bits per heavy atom. The topological polar surface area (TPSA) is 45.2 Å². The molecule has 4 nitrogen and oxygen atoms in total. The van der Waals surface area contributed by atoms with Crippen molar-refractivity contribution in [2.75, 3.05) is 20.1 Å². The van der Waals surface area contributed by atoms with E-state index in [0.717, 1.165) is 38.0 Å². The molecular formula is C14H21N3O. The maximum atomic E-state index is 12.2. The minimum absolute atomic E-state index is 0.0208. The Kier molecular flexibility index (Phi) is 4.70. The van der Waals surface area contributed by atoms with Gasteiger partial charge in [-0.1, -0.05) is 12.5 Å². The number of likely N-dealkylation sites (N-methyl/N-ethyl adjacent to an activating group) is 1. The van der Waals surface area contributed by atoms with Gasteiger partial charge in [0.05, 0.1) is 6.04 Å². The van der Waals surface area contributed by atoms with E-state index in [2.05, 4.69) is 10.3 Å². The molecule has 98 valence electrons. The molecule has 2 rings (SSSR count). The molecule has 1 unspecified atom stereocenters. The van der Waals surface area contributed by atoms with Gasteiger partial charge in [-0.05, 0) is 31.5 Å². The molecule has 2 heterocycles. The molecule has 18 heavy (non-hydrogen) atoms. The summed E-state index contributed by atoms with van der Waals surface area (Å²) >= 11 is 0. The van der Waals surface area contributed by atoms with Crippen molar-refractivity contribution < 1.29 is 4.79 Å². The summed E-state index contributed by atoms with van der Waals surface area (Å²) in [7, 11) is 1.88. The minimum Gasteiger partial charge on any atom is -0.344 e. The molecule has 0 aromatic carbocycles. The van der Waals surface area contributed by atoms with Crippen molar-refractivity contribution >= 4 is 5.91 Å². The molecule has 1 aliphatic heterocycles. The molecule has 1 amide bonds. The van der Waals surface area contributed by atoms with Crippen LogP contribution in [-0.4, -0.2) is 42.0 Å². The van der Waals surface area contributed by atoms with Crippen molar-refractivity contribution in [2.45, 2.75) is 31.7 Å². The highest BCUT2D eigenvalue weighted by molar-refractivity contribution is 5.81. The van der Waals surface area contributed by atoms with E-state index in [1.807, 2.05) is 30.1 Å². The highest BCUT2D eigenvalue weighted by Gasteiger charge is 2.23. The van der Waals surface area contributed by atoms with Gasteiger partial charge in [0.2, 0.25) is 5.91 Å². The Morgan fingerprint density at radius 1 is 1.50 bits per heavy atom. The fourth-order valence-corrected chi connectivity index (χ4v) is 2.27. The van der Waals surface area contributed by atoms with Gasteiger partial charge in [-0.3, -0.25) is 9.78 Å². The summed E-state index contributed by atoms with van der Waals surface area (Å²) in [4.78, 5) is 18.2. The molecule has 4 heteroatoms. The van der Waals surface area contributed by atoms with Crippen LogP contribution < -0.4 is 5.32 Å². The van der Waals surface area contributed by atoms with Gasteiger partial charge in [0, 0.05) is 31.9 Å². The lowest BCUT2D eigenvalue weighted by Crippen LogP contribution is -2.47. The second kappa shape index (κ2) is 6.50. The molecule has 1 aromatic rings. The van der Waals surface area contributed by atoms with E-state index in [-0.39, 0.29) is 11.9 Å². The van der Waals surface area contributed by atoms with E-state index in [0.29, 0.717) is 0 Å². The van der Waals surface area contributed by atoms with Crippen LogP contribution in [0.15, 0.2) is 24.4 Å². The summed E-state index contributed by atoms with van der Waals surface area (Å²) in [6, 6.07) is 5.90. The van der Waals surface area contributed by atoms with Crippen LogP contribution in [0.2, 0.25) is 0 Å². The van der Waals surface area contributed by atoms with Crippen LogP contribution in [0.5, 0.6) is 0 Å². The molecule has 1 aromatic heterocycles. The zero-order valence-electron chi connectivity index (χ0n) is 10.9. The molecule has 1 fully saturated rings. The van der Waals surface area contributed by atoms with E-state index in [1.54, 1.807) is 6.20 Å². The third-order valence-corrected chi connectivity index (χ3v) is 3.41. The monoisotopic (exact) mass is 247 g/mol. The summed E-state index contributed by atoms with van der Waals surface area (Å²) in [5.41, 5.74) is 1.04. The second-order valence-electron chi connectivity index (χ2n) is 4.83. The van der Waals surface area contributed by atoms with Crippen LogP contribution in [0.4, 0.5) is 0 Å². The SMILES string of the molecule is CN(CCc1ccccn1)C(=O)C1CCCCN1. The minimum atomic E-state index is 0.0208. The van der Waals surface area contributed by atoms with Crippen molar-refractivity contribution in [1.82, 2.24) is 15.2 Å². The van der Waals surface area contributed by atoms with Gasteiger partial charge >= 0.3 is 0 Å². The number of amides is 1. The first kappa shape index (κ1) is 13.0. The largest absolute Gasteiger partial charge is 0.344 e. The number of hydrogen-bond acceptors (Lipinski definition) is 3. The molecule has 1 aliphatic rings. The van der Waals surface area contributed by atoms with E-state index in [4.69, 9.17) is 0 Å². The Morgan fingerprint density at radius 3 is 3.06 bits per heavy atom. The van der Waals surface area contributed by atoms with Crippen molar-refractivity contribution in [2.24, 2.45) is 0 Å². The van der Waals surface area contributed by atoms with E-state index < -0.39 is 0 Å². The molecule has 1 saturated heterocycles. The molecule has 0 spiro atoms. The molecule has 0 saturated carbocycles. The third-order valence-electron chi connectivity index (χ3n) is 3.41. The van der Waals surface area contributed by atoms with E-state index in [1.165, 1.54) is 6.42 Å². The molecule has 1 atom stereocenters. The number of nitrogens with zero attached hydrogens (tertiary/aromatic N) is 2. The summed E-state index contributed by atoms with van der Waals surface area (Å²) in [6.45, 7) is 1.69. The van der Waals surface area contributed by atoms with Crippen molar-refractivity contribution in [1.29, 1.82) is 0 Å². The zero-order chi connectivity index (χ0) is 12.8. The number of piperidine rings is 1. The van der Waals surface area contributed by atoms with Gasteiger partial charge in [0.25, 0.3) is 0 Å². The maximum Gasteiger partial charge on any atom is 0.239 e. The smallest absolute Gasteiger partial charge is 0.239 e. The first-order valence-electron chi connectivity index (χ1n) is 6.65. The number of carbonyl (C=O) groups excluding carboxylic acids is 1. The van der Waals surface area contributed by atoms with Gasteiger partial charge in [0.15, 0.2) is 0 Å². The fraction of sp³-hybridized carbons (Fsp3) is 0.571. The molecule has 0 bridgehead atoms. The summed E-state index contributed by atoms with van der Waals surface area (Å²) in [5.74, 6) is 0.214. The lowest BCUT2D eigenvalue weighted by Gasteiger charge is -2.27. The average molecular weight is 247 g/mol. The van der Waals surface area contributed by atoms with Crippen molar-refractivity contribution in [3.8, 4) is 0 Å². The number of rotatable bonds is 4. The fourth-order valence-electron chi connectivity index (χ4n) is 2.27. The van der Waals surface area contributed by atoms with Gasteiger partial charge in [-0.25, -0.2) is 0 Å². The Bertz CT molecular complexity index is 374. The molecule has 0 radical (unpaired) electrons.